The molecule has 3 rings (SSSR count). The number of piperidine rings is 1. The van der Waals surface area contributed by atoms with Gasteiger partial charge in [0.1, 0.15) is 5.82 Å². The lowest BCUT2D eigenvalue weighted by atomic mass is 9.98. The first-order chi connectivity index (χ1) is 15.6. The number of nitrogens with zero attached hydrogens (tertiary/aromatic N) is 3. The molecule has 178 valence electrons. The lowest BCUT2D eigenvalue weighted by Crippen LogP contribution is -2.41. The predicted octanol–water partition coefficient (Wildman–Crippen LogP) is 1.93. The van der Waals surface area contributed by atoms with Gasteiger partial charge >= 0.3 is 11.9 Å². The van der Waals surface area contributed by atoms with Crippen molar-refractivity contribution in [2.75, 3.05) is 27.3 Å². The summed E-state index contributed by atoms with van der Waals surface area (Å²) in [5.41, 5.74) is 0.667. The first-order valence-electron chi connectivity index (χ1n) is 10.3. The molecule has 0 radical (unpaired) electrons. The molecule has 0 unspecified atom stereocenters. The van der Waals surface area contributed by atoms with E-state index in [1.165, 1.54) is 30.8 Å². The first kappa shape index (κ1) is 24.5. The van der Waals surface area contributed by atoms with Crippen molar-refractivity contribution < 1.29 is 32.2 Å². The summed E-state index contributed by atoms with van der Waals surface area (Å²) >= 11 is 0. The van der Waals surface area contributed by atoms with Crippen molar-refractivity contribution in [2.24, 2.45) is 13.0 Å². The molecule has 1 aliphatic heterocycles. The second-order valence-corrected chi connectivity index (χ2v) is 9.49. The lowest BCUT2D eigenvalue weighted by Gasteiger charge is -2.29. The summed E-state index contributed by atoms with van der Waals surface area (Å²) < 4.78 is 44.1. The minimum atomic E-state index is -3.71. The number of aryl methyl sites for hydroxylation is 2. The van der Waals surface area contributed by atoms with Crippen molar-refractivity contribution in [3.8, 4) is 11.5 Å². The van der Waals surface area contributed by atoms with Crippen LogP contribution in [-0.4, -0.2) is 61.5 Å². The molecule has 1 aliphatic rings. The number of sulfonamides is 1. The van der Waals surface area contributed by atoms with Crippen molar-refractivity contribution in [3.05, 3.63) is 41.9 Å². The Labute approximate surface area is 192 Å². The van der Waals surface area contributed by atoms with Crippen molar-refractivity contribution in [1.29, 1.82) is 0 Å². The Balaban J connectivity index is 1.63. The second-order valence-electron chi connectivity index (χ2n) is 7.60. The molecule has 33 heavy (non-hydrogen) atoms. The molecule has 0 N–H and O–H groups in total. The number of esters is 2. The summed E-state index contributed by atoms with van der Waals surface area (Å²) in [5.74, 6) is -0.191. The van der Waals surface area contributed by atoms with Crippen LogP contribution in [0.3, 0.4) is 0 Å². The van der Waals surface area contributed by atoms with E-state index < -0.39 is 27.9 Å². The molecular formula is C22H27N3O7S. The number of imidazole rings is 1. The Morgan fingerprint density at radius 3 is 2.42 bits per heavy atom. The zero-order valence-corrected chi connectivity index (χ0v) is 19.8. The molecule has 2 aromatic rings. The molecule has 1 aromatic carbocycles. The average Bonchev–Trinajstić information content (AvgIpc) is 3.17. The highest BCUT2D eigenvalue weighted by molar-refractivity contribution is 7.89. The summed E-state index contributed by atoms with van der Waals surface area (Å²) in [6.45, 7) is 2.13. The highest BCUT2D eigenvalue weighted by Crippen LogP contribution is 2.31. The van der Waals surface area contributed by atoms with Gasteiger partial charge in [0.05, 0.1) is 20.1 Å². The zero-order valence-electron chi connectivity index (χ0n) is 19.0. The fraction of sp³-hybridized carbons (Fsp3) is 0.409. The predicted molar refractivity (Wildman–Crippen MR) is 119 cm³/mol. The number of hydrogen-bond acceptors (Lipinski definition) is 8. The minimum Gasteiger partial charge on any atom is -0.493 e. The van der Waals surface area contributed by atoms with Crippen LogP contribution in [0.1, 0.15) is 24.2 Å². The van der Waals surface area contributed by atoms with Gasteiger partial charge in [-0.15, -0.1) is 0 Å². The number of aromatic nitrogens is 2. The number of hydrogen-bond donors (Lipinski definition) is 0. The molecule has 2 heterocycles. The van der Waals surface area contributed by atoms with Crippen LogP contribution in [0.4, 0.5) is 0 Å². The van der Waals surface area contributed by atoms with Crippen LogP contribution in [-0.2, 0) is 31.4 Å². The van der Waals surface area contributed by atoms with Crippen molar-refractivity contribution >= 4 is 28.0 Å². The van der Waals surface area contributed by atoms with Crippen LogP contribution < -0.4 is 9.47 Å². The molecular weight excluding hydrogens is 450 g/mol. The Hall–Kier alpha value is -3.18. The highest BCUT2D eigenvalue weighted by atomic mass is 32.2. The monoisotopic (exact) mass is 477 g/mol. The number of carbonyl (C=O) groups is 2. The van der Waals surface area contributed by atoms with Crippen LogP contribution in [0.2, 0.25) is 0 Å². The van der Waals surface area contributed by atoms with E-state index in [4.69, 9.17) is 9.47 Å². The standard InChI is InChI=1S/C22H27N3O7S/c1-15-23-20(14-24(15)2)33(28,29)25-11-9-17(10-12-25)22(27)32-18-7-5-16(13-19(18)30-3)6-8-21(26)31-4/h5-8,13-14,17H,9-12H2,1-4H3/b8-6+. The third kappa shape index (κ3) is 5.60. The van der Waals surface area contributed by atoms with E-state index in [-0.39, 0.29) is 23.9 Å². The number of rotatable bonds is 7. The average molecular weight is 478 g/mol. The van der Waals surface area contributed by atoms with Gasteiger partial charge in [0, 0.05) is 32.4 Å². The van der Waals surface area contributed by atoms with E-state index in [2.05, 4.69) is 9.72 Å². The number of benzene rings is 1. The number of ether oxygens (including phenoxy) is 3. The summed E-state index contributed by atoms with van der Waals surface area (Å²) in [6, 6.07) is 4.89. The van der Waals surface area contributed by atoms with Gasteiger partial charge in [0.25, 0.3) is 10.0 Å². The summed E-state index contributed by atoms with van der Waals surface area (Å²) in [5, 5.41) is 0.00889. The fourth-order valence-electron chi connectivity index (χ4n) is 3.41. The Kier molecular flexibility index (Phi) is 7.54. The number of methoxy groups -OCH3 is 2. The van der Waals surface area contributed by atoms with Gasteiger partial charge in [-0.1, -0.05) is 6.07 Å². The van der Waals surface area contributed by atoms with Crippen molar-refractivity contribution in [2.45, 2.75) is 24.8 Å². The summed E-state index contributed by atoms with van der Waals surface area (Å²) in [7, 11) is 0.760. The van der Waals surface area contributed by atoms with Crippen molar-refractivity contribution in [3.63, 3.8) is 0 Å². The maximum absolute atomic E-state index is 12.8. The topological polar surface area (TPSA) is 117 Å². The Bertz CT molecular complexity index is 1140. The zero-order chi connectivity index (χ0) is 24.2. The van der Waals surface area contributed by atoms with Gasteiger partial charge in [0.15, 0.2) is 16.5 Å². The van der Waals surface area contributed by atoms with E-state index in [9.17, 15) is 18.0 Å². The molecule has 0 aliphatic carbocycles. The maximum Gasteiger partial charge on any atom is 0.330 e. The molecule has 0 amide bonds. The van der Waals surface area contributed by atoms with Gasteiger partial charge in [-0.2, -0.15) is 4.31 Å². The lowest BCUT2D eigenvalue weighted by molar-refractivity contribution is -0.140. The molecule has 0 spiro atoms. The Morgan fingerprint density at radius 1 is 1.15 bits per heavy atom. The van der Waals surface area contributed by atoms with Crippen LogP contribution in [0, 0.1) is 12.8 Å². The molecule has 1 fully saturated rings. The van der Waals surface area contributed by atoms with E-state index in [1.54, 1.807) is 42.8 Å². The van der Waals surface area contributed by atoms with Gasteiger partial charge in [0.2, 0.25) is 0 Å². The minimum absolute atomic E-state index is 0.00889. The molecule has 0 atom stereocenters. The smallest absolute Gasteiger partial charge is 0.330 e. The van der Waals surface area contributed by atoms with Gasteiger partial charge in [-0.3, -0.25) is 4.79 Å². The largest absolute Gasteiger partial charge is 0.493 e. The molecule has 10 nitrogen and oxygen atoms in total. The van der Waals surface area contributed by atoms with Gasteiger partial charge < -0.3 is 18.8 Å². The van der Waals surface area contributed by atoms with E-state index in [0.717, 1.165) is 0 Å². The van der Waals surface area contributed by atoms with E-state index in [0.29, 0.717) is 30.0 Å². The molecule has 11 heteroatoms. The maximum atomic E-state index is 12.8. The van der Waals surface area contributed by atoms with Crippen LogP contribution >= 0.6 is 0 Å². The third-order valence-electron chi connectivity index (χ3n) is 5.49. The quantitative estimate of drug-likeness (QED) is 0.337. The Morgan fingerprint density at radius 2 is 1.85 bits per heavy atom. The molecule has 0 saturated carbocycles. The van der Waals surface area contributed by atoms with E-state index >= 15 is 0 Å². The molecule has 1 aromatic heterocycles. The van der Waals surface area contributed by atoms with Crippen LogP contribution in [0.15, 0.2) is 35.5 Å². The van der Waals surface area contributed by atoms with Gasteiger partial charge in [-0.25, -0.2) is 18.2 Å². The third-order valence-corrected chi connectivity index (χ3v) is 7.26. The summed E-state index contributed by atoms with van der Waals surface area (Å²) in [6.07, 6.45) is 4.99. The van der Waals surface area contributed by atoms with Crippen molar-refractivity contribution in [1.82, 2.24) is 13.9 Å². The molecule has 0 bridgehead atoms. The molecule has 1 saturated heterocycles. The first-order valence-corrected chi connectivity index (χ1v) is 11.8. The SMILES string of the molecule is COC(=O)/C=C/c1ccc(OC(=O)C2CCN(S(=O)(=O)c3cn(C)c(C)n3)CC2)c(OC)c1. The van der Waals surface area contributed by atoms with Crippen LogP contribution in [0.25, 0.3) is 6.08 Å². The second kappa shape index (κ2) is 10.2. The van der Waals surface area contributed by atoms with E-state index in [1.807, 2.05) is 0 Å². The number of carbonyl (C=O) groups excluding carboxylic acids is 2. The highest BCUT2D eigenvalue weighted by Gasteiger charge is 2.34. The fourth-order valence-corrected chi connectivity index (χ4v) is 4.91. The normalized spacial score (nSPS) is 15.5. The summed E-state index contributed by atoms with van der Waals surface area (Å²) in [4.78, 5) is 28.1. The van der Waals surface area contributed by atoms with Gasteiger partial charge in [-0.05, 0) is 43.5 Å². The van der Waals surface area contributed by atoms with Crippen LogP contribution in [0.5, 0.6) is 11.5 Å².